The third-order valence-corrected chi connectivity index (χ3v) is 5.91. The number of nitrogens with one attached hydrogen (secondary N) is 1. The Balaban J connectivity index is 1.55. The van der Waals surface area contributed by atoms with Gasteiger partial charge in [0.25, 0.3) is 5.91 Å². The van der Waals surface area contributed by atoms with Crippen LogP contribution in [0.2, 0.25) is 0 Å². The fraction of sp³-hybridized carbons (Fsp3) is 0.481. The second kappa shape index (κ2) is 12.4. The van der Waals surface area contributed by atoms with Crippen LogP contribution in [-0.4, -0.2) is 55.4 Å². The maximum absolute atomic E-state index is 12.2. The Morgan fingerprint density at radius 3 is 2.60 bits per heavy atom. The highest BCUT2D eigenvalue weighted by Gasteiger charge is 2.25. The van der Waals surface area contributed by atoms with E-state index in [1.54, 1.807) is 0 Å². The van der Waals surface area contributed by atoms with Crippen LogP contribution in [0.1, 0.15) is 55.1 Å². The lowest BCUT2D eigenvalue weighted by Crippen LogP contribution is -2.32. The van der Waals surface area contributed by atoms with Crippen LogP contribution in [0.5, 0.6) is 11.5 Å². The van der Waals surface area contributed by atoms with E-state index in [9.17, 15) is 9.59 Å². The maximum Gasteiger partial charge on any atom is 0.303 e. The molecule has 0 spiro atoms. The Hall–Kier alpha value is -3.26. The van der Waals surface area contributed by atoms with Crippen molar-refractivity contribution in [2.75, 3.05) is 31.1 Å². The molecule has 0 bridgehead atoms. The first kappa shape index (κ1) is 26.3. The van der Waals surface area contributed by atoms with Crippen LogP contribution in [0, 0.1) is 0 Å². The molecule has 3 rings (SSSR count). The molecule has 1 heterocycles. The number of rotatable bonds is 14. The number of carbonyl (C=O) groups excluding carboxylic acids is 1. The Morgan fingerprint density at radius 1 is 1.17 bits per heavy atom. The molecule has 0 aliphatic carbocycles. The molecule has 8 nitrogen and oxygen atoms in total. The van der Waals surface area contributed by atoms with Crippen molar-refractivity contribution in [3.63, 3.8) is 0 Å². The number of carboxylic acids is 1. The summed E-state index contributed by atoms with van der Waals surface area (Å²) in [6.07, 6.45) is 2.29. The van der Waals surface area contributed by atoms with Gasteiger partial charge >= 0.3 is 5.97 Å². The second-order valence-corrected chi connectivity index (χ2v) is 9.27. The van der Waals surface area contributed by atoms with Crippen molar-refractivity contribution in [1.29, 1.82) is 0 Å². The number of benzene rings is 2. The number of carbonyl (C=O) groups is 2. The van der Waals surface area contributed by atoms with Crippen molar-refractivity contribution in [3.8, 4) is 11.5 Å². The lowest BCUT2D eigenvalue weighted by molar-refractivity contribution is -0.137. The van der Waals surface area contributed by atoms with Gasteiger partial charge in [0.2, 0.25) is 0 Å². The zero-order valence-corrected chi connectivity index (χ0v) is 20.9. The van der Waals surface area contributed by atoms with Crippen LogP contribution < -0.4 is 25.4 Å². The fourth-order valence-electron chi connectivity index (χ4n) is 4.45. The molecule has 0 fully saturated rings. The number of hydrogen-bond donors (Lipinski definition) is 3. The summed E-state index contributed by atoms with van der Waals surface area (Å²) in [5, 5.41) is 12.4. The van der Waals surface area contributed by atoms with Gasteiger partial charge in [0.1, 0.15) is 6.61 Å². The number of fused-ring (bicyclic) bond motifs is 1. The zero-order valence-electron chi connectivity index (χ0n) is 20.9. The second-order valence-electron chi connectivity index (χ2n) is 9.27. The largest absolute Gasteiger partial charge is 0.488 e. The van der Waals surface area contributed by atoms with Gasteiger partial charge in [0, 0.05) is 32.1 Å². The lowest BCUT2D eigenvalue weighted by atomic mass is 9.98. The summed E-state index contributed by atoms with van der Waals surface area (Å²) in [6.45, 7) is 8.62. The van der Waals surface area contributed by atoms with Crippen molar-refractivity contribution in [2.24, 2.45) is 5.73 Å². The Kier molecular flexibility index (Phi) is 9.37. The number of nitrogens with zero attached hydrogens (tertiary/aromatic N) is 1. The third kappa shape index (κ3) is 7.62. The number of hydrogen-bond acceptors (Lipinski definition) is 6. The molecule has 0 radical (unpaired) electrons. The van der Waals surface area contributed by atoms with E-state index in [1.807, 2.05) is 44.2 Å². The SMILES string of the molecule is CC(Cc1cc2c(c(C(N)=O)c1)N(CCCC(=O)O)CC2)NCCOc1ccccc1OC(C)C. The summed E-state index contributed by atoms with van der Waals surface area (Å²) in [5.74, 6) is 0.206. The number of aliphatic carboxylic acids is 1. The van der Waals surface area contributed by atoms with Gasteiger partial charge in [-0.05, 0) is 69.4 Å². The maximum atomic E-state index is 12.2. The Bertz CT molecular complexity index is 1020. The Morgan fingerprint density at radius 2 is 1.91 bits per heavy atom. The molecule has 2 aromatic carbocycles. The van der Waals surface area contributed by atoms with Crippen LogP contribution in [0.4, 0.5) is 5.69 Å². The summed E-state index contributed by atoms with van der Waals surface area (Å²) < 4.78 is 11.7. The van der Waals surface area contributed by atoms with Gasteiger partial charge in [-0.1, -0.05) is 18.2 Å². The highest BCUT2D eigenvalue weighted by Crippen LogP contribution is 2.34. The first-order chi connectivity index (χ1) is 16.7. The van der Waals surface area contributed by atoms with Crippen LogP contribution in [-0.2, 0) is 17.6 Å². The van der Waals surface area contributed by atoms with Crippen LogP contribution in [0.15, 0.2) is 36.4 Å². The number of para-hydroxylation sites is 2. The fourth-order valence-corrected chi connectivity index (χ4v) is 4.45. The standard InChI is InChI=1S/C27H37N3O5/c1-18(2)35-24-8-5-4-7-23(24)34-14-11-29-19(3)15-20-16-21-10-13-30(12-6-9-25(31)32)26(21)22(17-20)27(28)33/h4-5,7-8,16-19,29H,6,9-15H2,1-3H3,(H2,28,33)(H,31,32). The van der Waals surface area contributed by atoms with Crippen molar-refractivity contribution in [3.05, 3.63) is 53.1 Å². The van der Waals surface area contributed by atoms with Crippen LogP contribution in [0.25, 0.3) is 0 Å². The average molecular weight is 484 g/mol. The van der Waals surface area contributed by atoms with E-state index in [2.05, 4.69) is 23.2 Å². The van der Waals surface area contributed by atoms with E-state index in [0.29, 0.717) is 31.7 Å². The van der Waals surface area contributed by atoms with Gasteiger partial charge in [-0.3, -0.25) is 9.59 Å². The molecule has 35 heavy (non-hydrogen) atoms. The molecule has 190 valence electrons. The molecule has 0 saturated heterocycles. The number of ether oxygens (including phenoxy) is 2. The van der Waals surface area contributed by atoms with Crippen LogP contribution in [0.3, 0.4) is 0 Å². The molecular formula is C27H37N3O5. The number of nitrogens with two attached hydrogens (primary N) is 1. The van der Waals surface area contributed by atoms with Crippen molar-refractivity contribution in [2.45, 2.75) is 58.6 Å². The smallest absolute Gasteiger partial charge is 0.303 e. The number of primary amides is 1. The van der Waals surface area contributed by atoms with E-state index in [4.69, 9.17) is 20.3 Å². The average Bonchev–Trinajstić information content (AvgIpc) is 3.19. The minimum absolute atomic E-state index is 0.0762. The summed E-state index contributed by atoms with van der Waals surface area (Å²) in [5.41, 5.74) is 9.26. The molecular weight excluding hydrogens is 446 g/mol. The minimum atomic E-state index is -0.810. The highest BCUT2D eigenvalue weighted by atomic mass is 16.5. The number of amides is 1. The molecule has 8 heteroatoms. The van der Waals surface area contributed by atoms with Gasteiger partial charge in [-0.25, -0.2) is 0 Å². The highest BCUT2D eigenvalue weighted by molar-refractivity contribution is 6.00. The van der Waals surface area contributed by atoms with Gasteiger partial charge in [0.15, 0.2) is 11.5 Å². The summed E-state index contributed by atoms with van der Waals surface area (Å²) >= 11 is 0. The summed E-state index contributed by atoms with van der Waals surface area (Å²) in [4.78, 5) is 25.2. The molecule has 4 N–H and O–H groups in total. The normalized spacial score (nSPS) is 13.5. The summed E-state index contributed by atoms with van der Waals surface area (Å²) in [7, 11) is 0. The first-order valence-corrected chi connectivity index (χ1v) is 12.3. The van der Waals surface area contributed by atoms with Gasteiger partial charge in [0.05, 0.1) is 17.4 Å². The minimum Gasteiger partial charge on any atom is -0.488 e. The van der Waals surface area contributed by atoms with Gasteiger partial charge in [-0.15, -0.1) is 0 Å². The molecule has 1 aliphatic rings. The van der Waals surface area contributed by atoms with Gasteiger partial charge < -0.3 is 30.5 Å². The first-order valence-electron chi connectivity index (χ1n) is 12.3. The third-order valence-electron chi connectivity index (χ3n) is 5.91. The molecule has 1 unspecified atom stereocenters. The predicted molar refractivity (Wildman–Crippen MR) is 137 cm³/mol. The molecule has 1 aliphatic heterocycles. The molecule has 1 atom stereocenters. The van der Waals surface area contributed by atoms with E-state index >= 15 is 0 Å². The quantitative estimate of drug-likeness (QED) is 0.353. The van der Waals surface area contributed by atoms with E-state index in [0.717, 1.165) is 47.7 Å². The summed E-state index contributed by atoms with van der Waals surface area (Å²) in [6, 6.07) is 11.9. The van der Waals surface area contributed by atoms with Crippen LogP contribution >= 0.6 is 0 Å². The number of carboxylic acid groups (broad SMARTS) is 1. The van der Waals surface area contributed by atoms with Crippen molar-refractivity contribution < 1.29 is 24.2 Å². The van der Waals surface area contributed by atoms with Gasteiger partial charge in [-0.2, -0.15) is 0 Å². The molecule has 1 amide bonds. The van der Waals surface area contributed by atoms with E-state index in [-0.39, 0.29) is 18.6 Å². The predicted octanol–water partition coefficient (Wildman–Crippen LogP) is 3.40. The monoisotopic (exact) mass is 483 g/mol. The lowest BCUT2D eigenvalue weighted by Gasteiger charge is -2.22. The Labute approximate surface area is 207 Å². The van der Waals surface area contributed by atoms with Crippen molar-refractivity contribution in [1.82, 2.24) is 5.32 Å². The topological polar surface area (TPSA) is 114 Å². The molecule has 0 aromatic heterocycles. The van der Waals surface area contributed by atoms with E-state index < -0.39 is 11.9 Å². The zero-order chi connectivity index (χ0) is 25.4. The number of anilines is 1. The molecule has 2 aromatic rings. The van der Waals surface area contributed by atoms with E-state index in [1.165, 1.54) is 0 Å². The molecule has 0 saturated carbocycles. The van der Waals surface area contributed by atoms with Crippen molar-refractivity contribution >= 4 is 17.6 Å².